The second-order valence-corrected chi connectivity index (χ2v) is 8.59. The van der Waals surface area contributed by atoms with E-state index < -0.39 is 6.04 Å². The van der Waals surface area contributed by atoms with Gasteiger partial charge in [0.15, 0.2) is 11.5 Å². The number of thiophene rings is 1. The smallest absolute Gasteiger partial charge is 0.231 e. The average Bonchev–Trinajstić information content (AvgIpc) is 3.17. The van der Waals surface area contributed by atoms with E-state index in [1.54, 1.807) is 11.3 Å². The number of fused-ring (bicyclic) bond motifs is 1. The van der Waals surface area contributed by atoms with Crippen molar-refractivity contribution in [1.82, 2.24) is 0 Å². The van der Waals surface area contributed by atoms with Crippen LogP contribution in [-0.2, 0) is 9.53 Å². The van der Waals surface area contributed by atoms with Crippen molar-refractivity contribution in [3.63, 3.8) is 0 Å². The van der Waals surface area contributed by atoms with Gasteiger partial charge in [0.2, 0.25) is 5.91 Å². The molecule has 148 valence electrons. The summed E-state index contributed by atoms with van der Waals surface area (Å²) < 4.78 is 5.81. The molecule has 2 aromatic rings. The lowest BCUT2D eigenvalue weighted by Gasteiger charge is -2.36. The second kappa shape index (κ2) is 8.00. The van der Waals surface area contributed by atoms with Crippen molar-refractivity contribution in [3.05, 3.63) is 47.7 Å². The Labute approximate surface area is 170 Å². The summed E-state index contributed by atoms with van der Waals surface area (Å²) in [5.74, 6) is 0.844. The predicted octanol–water partition coefficient (Wildman–Crippen LogP) is 5.99. The molecule has 1 aromatic heterocycles. The lowest BCUT2D eigenvalue weighted by Crippen LogP contribution is -2.45. The fourth-order valence-electron chi connectivity index (χ4n) is 4.23. The van der Waals surface area contributed by atoms with Crippen LogP contribution in [0.2, 0.25) is 0 Å². The molecule has 4 nitrogen and oxygen atoms in total. The number of ether oxygens (including phenoxy) is 1. The lowest BCUT2D eigenvalue weighted by molar-refractivity contribution is -0.123. The van der Waals surface area contributed by atoms with Crippen LogP contribution in [0.25, 0.3) is 16.2 Å². The van der Waals surface area contributed by atoms with Crippen molar-refractivity contribution >= 4 is 28.0 Å². The van der Waals surface area contributed by atoms with E-state index in [0.29, 0.717) is 12.4 Å². The number of aliphatic hydroxyl groups is 1. The van der Waals surface area contributed by atoms with Gasteiger partial charge in [-0.3, -0.25) is 9.69 Å². The number of carbonyl (C=O) groups excluding carboxylic acids is 1. The van der Waals surface area contributed by atoms with E-state index in [1.165, 1.54) is 6.42 Å². The molecule has 1 atom stereocenters. The molecule has 1 unspecified atom stereocenters. The highest BCUT2D eigenvalue weighted by Crippen LogP contribution is 2.47. The van der Waals surface area contributed by atoms with Crippen LogP contribution in [0.3, 0.4) is 0 Å². The second-order valence-electron chi connectivity index (χ2n) is 7.56. The highest BCUT2D eigenvalue weighted by atomic mass is 32.1. The Morgan fingerprint density at radius 2 is 1.93 bits per heavy atom. The number of hydrogen-bond acceptors (Lipinski definition) is 4. The first-order chi connectivity index (χ1) is 13.6. The minimum absolute atomic E-state index is 0.0489. The van der Waals surface area contributed by atoms with Crippen molar-refractivity contribution in [2.24, 2.45) is 5.92 Å². The molecule has 4 rings (SSSR count). The van der Waals surface area contributed by atoms with E-state index in [9.17, 15) is 9.90 Å². The van der Waals surface area contributed by atoms with Crippen LogP contribution >= 0.6 is 11.3 Å². The molecule has 2 heterocycles. The minimum Gasteiger partial charge on any atom is -0.506 e. The summed E-state index contributed by atoms with van der Waals surface area (Å²) in [4.78, 5) is 16.3. The van der Waals surface area contributed by atoms with Crippen molar-refractivity contribution in [3.8, 4) is 10.4 Å². The molecule has 0 radical (unpaired) electrons. The Balaban J connectivity index is 1.79. The predicted molar refractivity (Wildman–Crippen MR) is 114 cm³/mol. The highest BCUT2D eigenvalue weighted by Gasteiger charge is 2.39. The van der Waals surface area contributed by atoms with Crippen LogP contribution in [0.4, 0.5) is 5.00 Å². The summed E-state index contributed by atoms with van der Waals surface area (Å²) in [5.41, 5.74) is 1.93. The van der Waals surface area contributed by atoms with E-state index in [-0.39, 0.29) is 17.6 Å². The highest BCUT2D eigenvalue weighted by molar-refractivity contribution is 7.20. The van der Waals surface area contributed by atoms with Crippen LogP contribution in [0.15, 0.2) is 42.2 Å². The molecule has 1 aliphatic carbocycles. The van der Waals surface area contributed by atoms with Gasteiger partial charge in [0.05, 0.1) is 18.2 Å². The minimum atomic E-state index is -0.411. The van der Waals surface area contributed by atoms with Crippen LogP contribution in [0, 0.1) is 5.92 Å². The summed E-state index contributed by atoms with van der Waals surface area (Å²) in [6.45, 7) is 4.27. The van der Waals surface area contributed by atoms with Gasteiger partial charge in [0, 0.05) is 10.8 Å². The quantitative estimate of drug-likeness (QED) is 0.689. The first kappa shape index (κ1) is 19.1. The molecule has 1 N–H and O–H groups in total. The zero-order valence-electron chi connectivity index (χ0n) is 16.5. The maximum absolute atomic E-state index is 13.4. The lowest BCUT2D eigenvalue weighted by atomic mass is 9.87. The number of carbonyl (C=O) groups is 1. The SMILES string of the molecule is CCOC1=C(O)C(C)N(C(=O)C2CCCCC2)c2sc(-c3ccccc3)cc21. The Morgan fingerprint density at radius 3 is 2.61 bits per heavy atom. The molecule has 1 amide bonds. The third-order valence-corrected chi connectivity index (χ3v) is 6.91. The van der Waals surface area contributed by atoms with Gasteiger partial charge in [0.25, 0.3) is 0 Å². The standard InChI is InChI=1S/C23H27NO3S/c1-3-27-21-18-14-19(16-10-6-4-7-11-16)28-23(18)24(15(2)20(21)25)22(26)17-12-8-5-9-13-17/h4,6-7,10-11,14-15,17,25H,3,5,8-9,12-13H2,1-2H3. The number of hydrogen-bond donors (Lipinski definition) is 1. The fourth-order valence-corrected chi connectivity index (χ4v) is 5.47. The molecule has 0 spiro atoms. The number of anilines is 1. The first-order valence-corrected chi connectivity index (χ1v) is 11.0. The normalized spacial score (nSPS) is 20.2. The molecule has 1 aromatic carbocycles. The van der Waals surface area contributed by atoms with Gasteiger partial charge in [-0.1, -0.05) is 49.6 Å². The Kier molecular flexibility index (Phi) is 5.44. The molecule has 0 saturated heterocycles. The van der Waals surface area contributed by atoms with Gasteiger partial charge in [-0.15, -0.1) is 11.3 Å². The summed E-state index contributed by atoms with van der Waals surface area (Å²) >= 11 is 1.60. The number of benzene rings is 1. The van der Waals surface area contributed by atoms with E-state index >= 15 is 0 Å². The van der Waals surface area contributed by atoms with E-state index in [1.807, 2.05) is 43.0 Å². The Hall–Kier alpha value is -2.27. The maximum Gasteiger partial charge on any atom is 0.231 e. The number of aliphatic hydroxyl groups excluding tert-OH is 1. The maximum atomic E-state index is 13.4. The molecule has 5 heteroatoms. The summed E-state index contributed by atoms with van der Waals surface area (Å²) in [5, 5.41) is 11.8. The fraction of sp³-hybridized carbons (Fsp3) is 0.435. The van der Waals surface area contributed by atoms with E-state index in [4.69, 9.17) is 4.74 Å². The average molecular weight is 398 g/mol. The summed E-state index contributed by atoms with van der Waals surface area (Å²) in [6, 6.07) is 11.8. The molecule has 1 fully saturated rings. The molecule has 1 aliphatic heterocycles. The van der Waals surface area contributed by atoms with Crippen LogP contribution in [0.1, 0.15) is 51.5 Å². The van der Waals surface area contributed by atoms with Crippen LogP contribution in [0.5, 0.6) is 0 Å². The van der Waals surface area contributed by atoms with Crippen LogP contribution in [-0.4, -0.2) is 23.7 Å². The molecule has 2 aliphatic rings. The van der Waals surface area contributed by atoms with E-state index in [2.05, 4.69) is 12.1 Å². The van der Waals surface area contributed by atoms with Gasteiger partial charge < -0.3 is 9.84 Å². The van der Waals surface area contributed by atoms with Gasteiger partial charge in [0.1, 0.15) is 5.00 Å². The molecular weight excluding hydrogens is 370 g/mol. The first-order valence-electron chi connectivity index (χ1n) is 10.2. The zero-order valence-corrected chi connectivity index (χ0v) is 17.3. The van der Waals surface area contributed by atoms with Crippen molar-refractivity contribution < 1.29 is 14.6 Å². The van der Waals surface area contributed by atoms with Gasteiger partial charge in [-0.25, -0.2) is 0 Å². The molecule has 0 bridgehead atoms. The topological polar surface area (TPSA) is 49.8 Å². The van der Waals surface area contributed by atoms with Crippen molar-refractivity contribution in [2.45, 2.75) is 52.0 Å². The van der Waals surface area contributed by atoms with Gasteiger partial charge in [-0.2, -0.15) is 0 Å². The third kappa shape index (κ3) is 3.32. The Bertz CT molecular complexity index is 881. The van der Waals surface area contributed by atoms with Crippen LogP contribution < -0.4 is 4.90 Å². The van der Waals surface area contributed by atoms with Gasteiger partial charge >= 0.3 is 0 Å². The van der Waals surface area contributed by atoms with Gasteiger partial charge in [-0.05, 0) is 38.3 Å². The number of nitrogens with zero attached hydrogens (tertiary/aromatic N) is 1. The zero-order chi connectivity index (χ0) is 19.7. The van der Waals surface area contributed by atoms with Crippen molar-refractivity contribution in [2.75, 3.05) is 11.5 Å². The molecule has 28 heavy (non-hydrogen) atoms. The number of rotatable bonds is 4. The largest absolute Gasteiger partial charge is 0.506 e. The summed E-state index contributed by atoms with van der Waals surface area (Å²) in [6.07, 6.45) is 5.31. The summed E-state index contributed by atoms with van der Waals surface area (Å²) in [7, 11) is 0. The monoisotopic (exact) mass is 397 g/mol. The number of amides is 1. The molecule has 1 saturated carbocycles. The van der Waals surface area contributed by atoms with E-state index in [0.717, 1.165) is 46.7 Å². The van der Waals surface area contributed by atoms with Crippen molar-refractivity contribution in [1.29, 1.82) is 0 Å². The molecular formula is C23H27NO3S. The Morgan fingerprint density at radius 1 is 1.21 bits per heavy atom. The third-order valence-electron chi connectivity index (χ3n) is 5.73.